The van der Waals surface area contributed by atoms with Crippen molar-refractivity contribution in [3.05, 3.63) is 30.0 Å². The van der Waals surface area contributed by atoms with Crippen molar-refractivity contribution >= 4 is 44.7 Å². The largest absolute Gasteiger partial charge is 0.489 e. The summed E-state index contributed by atoms with van der Waals surface area (Å²) in [7, 11) is -0.938. The molecule has 2 amide bonds. The van der Waals surface area contributed by atoms with E-state index in [9.17, 15) is 18.0 Å². The lowest BCUT2D eigenvalue weighted by atomic mass is 10.2. The molecular weight excluding hydrogens is 464 g/mol. The number of amides is 2. The van der Waals surface area contributed by atoms with Crippen LogP contribution in [0.1, 0.15) is 27.4 Å². The van der Waals surface area contributed by atoms with Gasteiger partial charge in [0.05, 0.1) is 24.2 Å². The number of hydrogen-bond acceptors (Lipinski definition) is 9. The third kappa shape index (κ3) is 6.11. The van der Waals surface area contributed by atoms with Gasteiger partial charge in [-0.15, -0.1) is 10.2 Å². The van der Waals surface area contributed by atoms with Gasteiger partial charge in [-0.1, -0.05) is 6.07 Å². The van der Waals surface area contributed by atoms with Crippen LogP contribution in [-0.2, 0) is 19.6 Å². The maximum absolute atomic E-state index is 12.7. The Labute approximate surface area is 202 Å². The van der Waals surface area contributed by atoms with E-state index in [1.54, 1.807) is 12.1 Å². The number of sulfonamides is 1. The first-order valence-corrected chi connectivity index (χ1v) is 12.1. The summed E-state index contributed by atoms with van der Waals surface area (Å²) in [5.41, 5.74) is -0.110. The molecule has 0 aliphatic heterocycles. The first kappa shape index (κ1) is 21.1. The van der Waals surface area contributed by atoms with Gasteiger partial charge in [0.1, 0.15) is 18.0 Å². The predicted molar refractivity (Wildman–Crippen MR) is 127 cm³/mol. The second-order valence-corrected chi connectivity index (χ2v) is 9.57. The molecule has 12 nitrogen and oxygen atoms in total. The number of hydrogen-bond donors (Lipinski definition) is 3. The molecule has 0 saturated heterocycles. The van der Waals surface area contributed by atoms with Gasteiger partial charge < -0.3 is 25.4 Å². The topological polar surface area (TPSA) is 152 Å². The Balaban J connectivity index is 2.07. The van der Waals surface area contributed by atoms with Gasteiger partial charge in [0.15, 0.2) is 11.5 Å². The normalized spacial score (nSPS) is 14.9. The van der Waals surface area contributed by atoms with Crippen LogP contribution in [0, 0.1) is 5.92 Å². The number of aromatic nitrogens is 2. The fourth-order valence-corrected chi connectivity index (χ4v) is 3.48. The molecular formula is C21H28N6O6S. The van der Waals surface area contributed by atoms with Gasteiger partial charge in [0.25, 0.3) is 5.91 Å². The number of rotatable bonds is 11. The molecule has 0 spiro atoms. The zero-order valence-corrected chi connectivity index (χ0v) is 19.7. The molecule has 0 bridgehead atoms. The zero-order chi connectivity index (χ0) is 27.4. The smallest absolute Gasteiger partial charge is 0.273 e. The average molecular weight is 496 g/mol. The van der Waals surface area contributed by atoms with Crippen molar-refractivity contribution in [2.24, 2.45) is 5.92 Å². The van der Waals surface area contributed by atoms with Crippen LogP contribution in [0.3, 0.4) is 0 Å². The van der Waals surface area contributed by atoms with Crippen LogP contribution in [0.4, 0.5) is 22.9 Å². The minimum absolute atomic E-state index is 0.0235. The van der Waals surface area contributed by atoms with Crippen LogP contribution in [0.5, 0.6) is 5.75 Å². The van der Waals surface area contributed by atoms with Crippen LogP contribution in [0.2, 0.25) is 0 Å². The lowest BCUT2D eigenvalue weighted by Gasteiger charge is -2.24. The molecule has 3 N–H and O–H groups in total. The Bertz CT molecular complexity index is 1270. The summed E-state index contributed by atoms with van der Waals surface area (Å²) in [6, 6.07) is 6.00. The van der Waals surface area contributed by atoms with Crippen LogP contribution >= 0.6 is 0 Å². The Morgan fingerprint density at radius 3 is 2.65 bits per heavy atom. The second-order valence-electron chi connectivity index (χ2n) is 7.56. The van der Waals surface area contributed by atoms with E-state index in [0.29, 0.717) is 0 Å². The van der Waals surface area contributed by atoms with Crippen molar-refractivity contribution in [2.45, 2.75) is 12.8 Å². The fourth-order valence-electron chi connectivity index (χ4n) is 2.96. The van der Waals surface area contributed by atoms with Crippen molar-refractivity contribution in [1.82, 2.24) is 15.5 Å². The van der Waals surface area contributed by atoms with Gasteiger partial charge in [-0.05, 0) is 25.0 Å². The van der Waals surface area contributed by atoms with Gasteiger partial charge >= 0.3 is 0 Å². The summed E-state index contributed by atoms with van der Waals surface area (Å²) in [5.74, 6) is -1.22. The minimum atomic E-state index is -3.76. The molecule has 1 fully saturated rings. The second kappa shape index (κ2) is 10.7. The fraction of sp³-hybridized carbons (Fsp3) is 0.429. The molecule has 2 aromatic rings. The summed E-state index contributed by atoms with van der Waals surface area (Å²) >= 11 is 0. The molecule has 1 aliphatic carbocycles. The van der Waals surface area contributed by atoms with E-state index in [4.69, 9.17) is 13.6 Å². The highest BCUT2D eigenvalue weighted by Crippen LogP contribution is 2.39. The molecule has 1 aliphatic rings. The number of nitrogens with one attached hydrogen (secondary N) is 3. The Morgan fingerprint density at radius 1 is 1.24 bits per heavy atom. The van der Waals surface area contributed by atoms with Crippen molar-refractivity contribution in [3.8, 4) is 5.75 Å². The van der Waals surface area contributed by atoms with Crippen LogP contribution in [-0.4, -0.2) is 71.0 Å². The quantitative estimate of drug-likeness (QED) is 0.392. The van der Waals surface area contributed by atoms with Gasteiger partial charge in [-0.3, -0.25) is 13.9 Å². The van der Waals surface area contributed by atoms with Gasteiger partial charge in [0.2, 0.25) is 15.9 Å². The lowest BCUT2D eigenvalue weighted by Crippen LogP contribution is -2.27. The number of anilines is 4. The maximum Gasteiger partial charge on any atom is 0.273 e. The summed E-state index contributed by atoms with van der Waals surface area (Å²) < 4.78 is 58.5. The predicted octanol–water partition coefficient (Wildman–Crippen LogP) is 1.35. The molecule has 1 saturated carbocycles. The highest BCUT2D eigenvalue weighted by Gasteiger charge is 2.30. The molecule has 34 heavy (non-hydrogen) atoms. The average Bonchev–Trinajstić information content (AvgIpc) is 3.63. The number of carbonyl (C=O) groups excluding carboxylic acids is 2. The van der Waals surface area contributed by atoms with Gasteiger partial charge in [0, 0.05) is 37.2 Å². The van der Waals surface area contributed by atoms with E-state index in [2.05, 4.69) is 20.8 Å². The highest BCUT2D eigenvalue weighted by atomic mass is 32.2. The number of ether oxygens (including phenoxy) is 2. The molecule has 0 radical (unpaired) electrons. The SMILES string of the molecule is [2H]C([2H])([2H])NC(=O)c1nnc(NC(=O)C2CC2)cc1Nc1cccc(OCCOC)c1N(C)S(C)(=O)=O. The summed E-state index contributed by atoms with van der Waals surface area (Å²) in [5, 5.41) is 15.1. The number of methoxy groups -OCH3 is 1. The van der Waals surface area contributed by atoms with Gasteiger partial charge in [-0.2, -0.15) is 0 Å². The Kier molecular flexibility index (Phi) is 6.61. The molecule has 1 heterocycles. The van der Waals surface area contributed by atoms with Crippen molar-refractivity contribution in [2.75, 3.05) is 55.5 Å². The zero-order valence-electron chi connectivity index (χ0n) is 21.9. The van der Waals surface area contributed by atoms with Crippen molar-refractivity contribution in [3.63, 3.8) is 0 Å². The van der Waals surface area contributed by atoms with E-state index in [-0.39, 0.29) is 59.4 Å². The molecule has 1 aromatic heterocycles. The van der Waals surface area contributed by atoms with Crippen molar-refractivity contribution < 1.29 is 31.6 Å². The minimum Gasteiger partial charge on any atom is -0.489 e. The summed E-state index contributed by atoms with van der Waals surface area (Å²) in [6.07, 6.45) is 2.51. The third-order valence-electron chi connectivity index (χ3n) is 4.95. The van der Waals surface area contributed by atoms with Gasteiger partial charge in [-0.25, -0.2) is 8.42 Å². The molecule has 0 unspecified atom stereocenters. The first-order valence-electron chi connectivity index (χ1n) is 11.8. The summed E-state index contributed by atoms with van der Waals surface area (Å²) in [4.78, 5) is 24.9. The van der Waals surface area contributed by atoms with Crippen LogP contribution < -0.4 is 25.0 Å². The summed E-state index contributed by atoms with van der Waals surface area (Å²) in [6.45, 7) is -2.42. The third-order valence-corrected chi connectivity index (χ3v) is 6.13. The number of para-hydroxylation sites is 1. The molecule has 0 atom stereocenters. The molecule has 184 valence electrons. The molecule has 3 rings (SSSR count). The Hall–Kier alpha value is -3.45. The van der Waals surface area contributed by atoms with E-state index >= 15 is 0 Å². The van der Waals surface area contributed by atoms with Crippen LogP contribution in [0.15, 0.2) is 24.3 Å². The number of carbonyl (C=O) groups is 2. The lowest BCUT2D eigenvalue weighted by molar-refractivity contribution is -0.117. The van der Waals surface area contributed by atoms with E-state index < -0.39 is 22.9 Å². The first-order chi connectivity index (χ1) is 17.3. The van der Waals surface area contributed by atoms with Crippen molar-refractivity contribution in [1.29, 1.82) is 0 Å². The standard InChI is InChI=1S/C21H28N6O6S/c1-22-21(29)18-15(12-17(25-26-18)24-20(28)13-8-9-13)23-14-6-5-7-16(33-11-10-32-3)19(14)27(2)34(4,30)31/h5-7,12-13H,8-11H2,1-4H3,(H,22,29)(H2,23,24,25,28)/i1D3. The van der Waals surface area contributed by atoms with Crippen LogP contribution in [0.25, 0.3) is 0 Å². The number of nitrogens with zero attached hydrogens (tertiary/aromatic N) is 3. The monoisotopic (exact) mass is 495 g/mol. The maximum atomic E-state index is 12.7. The van der Waals surface area contributed by atoms with E-state index in [1.165, 1.54) is 26.3 Å². The highest BCUT2D eigenvalue weighted by molar-refractivity contribution is 7.92. The Morgan fingerprint density at radius 2 is 2.00 bits per heavy atom. The number of benzene rings is 1. The van der Waals surface area contributed by atoms with E-state index in [1.807, 2.05) is 5.32 Å². The molecule has 1 aromatic carbocycles. The molecule has 13 heteroatoms. The van der Waals surface area contributed by atoms with E-state index in [0.717, 1.165) is 23.4 Å².